The number of halogens is 1. The number of aromatic nitrogens is 4. The Morgan fingerprint density at radius 2 is 1.11 bits per heavy atom. The molecule has 0 aliphatic carbocycles. The lowest BCUT2D eigenvalue weighted by Gasteiger charge is -2.42. The van der Waals surface area contributed by atoms with Crippen LogP contribution in [0.25, 0.3) is 39.1 Å². The molecule has 8 aromatic rings. The SMILES string of the molecule is N#Cc1ccc2c(c1)c1ccccc1n2-c1nc(Cl)nc(-c2cccc(S(c3ccccc3)(c3ccccc3)c3ccccc3)c2)n1. The summed E-state index contributed by atoms with van der Waals surface area (Å²) in [5.41, 5.74) is 3.22. The average Bonchev–Trinajstić information content (AvgIpc) is 3.47. The van der Waals surface area contributed by atoms with Crippen LogP contribution >= 0.6 is 21.6 Å². The standard InChI is InChI=1S/C40H26ClN5S/c41-39-43-38(44-40(45-39)46-36-22-11-10-21-34(36)35-25-28(27-42)23-24-37(35)46)29-13-12-20-33(26-29)47(30-14-4-1-5-15-30,31-16-6-2-7-17-31)32-18-8-3-9-19-32/h1-26H. The monoisotopic (exact) mass is 643 g/mol. The first-order valence-electron chi connectivity index (χ1n) is 15.1. The van der Waals surface area contributed by atoms with Gasteiger partial charge in [-0.1, -0.05) is 84.9 Å². The van der Waals surface area contributed by atoms with Gasteiger partial charge in [-0.15, -0.1) is 10.0 Å². The molecule has 5 nitrogen and oxygen atoms in total. The maximum absolute atomic E-state index is 9.58. The molecule has 0 aliphatic heterocycles. The first-order valence-corrected chi connectivity index (χ1v) is 17.1. The summed E-state index contributed by atoms with van der Waals surface area (Å²) in [5.74, 6) is 0.887. The van der Waals surface area contributed by atoms with Crippen LogP contribution in [0.3, 0.4) is 0 Å². The molecule has 0 unspecified atom stereocenters. The van der Waals surface area contributed by atoms with Gasteiger partial charge in [0.15, 0.2) is 5.82 Å². The minimum atomic E-state index is -1.91. The lowest BCUT2D eigenvalue weighted by Crippen LogP contribution is -2.06. The molecule has 0 atom stereocenters. The fourth-order valence-corrected chi connectivity index (χ4v) is 10.4. The average molecular weight is 644 g/mol. The largest absolute Gasteiger partial charge is 0.278 e. The van der Waals surface area contributed by atoms with Gasteiger partial charge >= 0.3 is 0 Å². The van der Waals surface area contributed by atoms with Crippen molar-refractivity contribution in [2.75, 3.05) is 0 Å². The van der Waals surface area contributed by atoms with Crippen LogP contribution in [-0.2, 0) is 0 Å². The van der Waals surface area contributed by atoms with Crippen molar-refractivity contribution in [1.82, 2.24) is 19.5 Å². The number of para-hydroxylation sites is 1. The molecule has 47 heavy (non-hydrogen) atoms. The van der Waals surface area contributed by atoms with Gasteiger partial charge in [-0.3, -0.25) is 4.57 Å². The topological polar surface area (TPSA) is 67.4 Å². The maximum atomic E-state index is 9.58. The summed E-state index contributed by atoms with van der Waals surface area (Å²) in [7, 11) is -1.91. The summed E-state index contributed by atoms with van der Waals surface area (Å²) >= 11 is 6.67. The molecule has 0 spiro atoms. The highest BCUT2D eigenvalue weighted by Crippen LogP contribution is 2.73. The molecule has 0 radical (unpaired) electrons. The van der Waals surface area contributed by atoms with Gasteiger partial charge in [0.1, 0.15) is 0 Å². The molecule has 0 fully saturated rings. The van der Waals surface area contributed by atoms with E-state index in [9.17, 15) is 5.26 Å². The van der Waals surface area contributed by atoms with Crippen molar-refractivity contribution in [1.29, 1.82) is 5.26 Å². The highest BCUT2D eigenvalue weighted by atomic mass is 35.5. The van der Waals surface area contributed by atoms with Gasteiger partial charge in [0.2, 0.25) is 11.2 Å². The van der Waals surface area contributed by atoms with Crippen LogP contribution in [0.15, 0.2) is 177 Å². The summed E-state index contributed by atoms with van der Waals surface area (Å²) in [6, 6.07) is 56.6. The van der Waals surface area contributed by atoms with Crippen LogP contribution in [0.5, 0.6) is 0 Å². The third kappa shape index (κ3) is 4.85. The third-order valence-electron chi connectivity index (χ3n) is 8.33. The van der Waals surface area contributed by atoms with E-state index < -0.39 is 10.0 Å². The van der Waals surface area contributed by atoms with Crippen molar-refractivity contribution < 1.29 is 0 Å². The third-order valence-corrected chi connectivity index (χ3v) is 12.4. The number of rotatable bonds is 6. The van der Waals surface area contributed by atoms with Gasteiger partial charge in [-0.25, -0.2) is 0 Å². The van der Waals surface area contributed by atoms with Crippen molar-refractivity contribution in [3.05, 3.63) is 169 Å². The van der Waals surface area contributed by atoms with E-state index >= 15 is 0 Å². The summed E-state index contributed by atoms with van der Waals surface area (Å²) in [6.07, 6.45) is 0. The van der Waals surface area contributed by atoms with Crippen molar-refractivity contribution in [3.8, 4) is 23.4 Å². The minimum absolute atomic E-state index is 0.0998. The number of hydrogen-bond acceptors (Lipinski definition) is 4. The molecule has 8 rings (SSSR count). The smallest absolute Gasteiger partial charge is 0.239 e. The van der Waals surface area contributed by atoms with Crippen molar-refractivity contribution in [3.63, 3.8) is 0 Å². The maximum Gasteiger partial charge on any atom is 0.239 e. The van der Waals surface area contributed by atoms with Gasteiger partial charge < -0.3 is 0 Å². The predicted octanol–water partition coefficient (Wildman–Crippen LogP) is 10.5. The van der Waals surface area contributed by atoms with Crippen molar-refractivity contribution in [2.45, 2.75) is 19.6 Å². The number of nitriles is 1. The van der Waals surface area contributed by atoms with Crippen LogP contribution in [0.2, 0.25) is 5.28 Å². The minimum Gasteiger partial charge on any atom is -0.278 e. The van der Waals surface area contributed by atoms with E-state index in [1.807, 2.05) is 53.1 Å². The Hall–Kier alpha value is -5.74. The normalized spacial score (nSPS) is 11.8. The molecule has 0 bridgehead atoms. The lowest BCUT2D eigenvalue weighted by atomic mass is 10.1. The highest BCUT2D eigenvalue weighted by molar-refractivity contribution is 8.34. The summed E-state index contributed by atoms with van der Waals surface area (Å²) in [6.45, 7) is 0. The van der Waals surface area contributed by atoms with Gasteiger partial charge in [-0.05, 0) is 84.4 Å². The number of hydrogen-bond donors (Lipinski definition) is 0. The molecule has 0 N–H and O–H groups in total. The van der Waals surface area contributed by atoms with Crippen LogP contribution in [-0.4, -0.2) is 19.5 Å². The molecule has 6 aromatic carbocycles. The zero-order valence-corrected chi connectivity index (χ0v) is 26.6. The van der Waals surface area contributed by atoms with Gasteiger partial charge in [0.05, 0.1) is 22.7 Å². The van der Waals surface area contributed by atoms with Crippen LogP contribution < -0.4 is 0 Å². The van der Waals surface area contributed by atoms with Gasteiger partial charge in [-0.2, -0.15) is 20.2 Å². The van der Waals surface area contributed by atoms with Crippen LogP contribution in [0.4, 0.5) is 0 Å². The summed E-state index contributed by atoms with van der Waals surface area (Å²) in [5, 5.41) is 11.6. The quantitative estimate of drug-likeness (QED) is 0.181. The van der Waals surface area contributed by atoms with E-state index in [1.165, 1.54) is 14.7 Å². The Kier molecular flexibility index (Phi) is 7.26. The number of benzene rings is 6. The molecule has 2 aromatic heterocycles. The zero-order valence-electron chi connectivity index (χ0n) is 25.0. The summed E-state index contributed by atoms with van der Waals surface area (Å²) in [4.78, 5) is 19.1. The fraction of sp³-hybridized carbons (Fsp3) is 0. The van der Waals surface area contributed by atoms with Gasteiger partial charge in [0.25, 0.3) is 0 Å². The Morgan fingerprint density at radius 3 is 1.74 bits per heavy atom. The second-order valence-electron chi connectivity index (χ2n) is 11.0. The predicted molar refractivity (Wildman–Crippen MR) is 189 cm³/mol. The summed E-state index contributed by atoms with van der Waals surface area (Å²) < 4.78 is 1.99. The van der Waals surface area contributed by atoms with E-state index in [0.717, 1.165) is 32.3 Å². The second-order valence-corrected chi connectivity index (χ2v) is 14.5. The van der Waals surface area contributed by atoms with Crippen molar-refractivity contribution in [2.24, 2.45) is 0 Å². The van der Waals surface area contributed by atoms with E-state index in [0.29, 0.717) is 17.3 Å². The lowest BCUT2D eigenvalue weighted by molar-refractivity contribution is 0.947. The second kappa shape index (κ2) is 11.9. The molecule has 0 aliphatic rings. The van der Waals surface area contributed by atoms with Gasteiger partial charge in [0, 0.05) is 35.9 Å². The zero-order chi connectivity index (χ0) is 31.8. The highest BCUT2D eigenvalue weighted by Gasteiger charge is 2.33. The fourth-order valence-electron chi connectivity index (χ4n) is 6.34. The molecule has 7 heteroatoms. The molecule has 0 saturated heterocycles. The van der Waals surface area contributed by atoms with Crippen LogP contribution in [0, 0.1) is 11.3 Å². The Bertz CT molecular complexity index is 2340. The number of nitrogens with zero attached hydrogens (tertiary/aromatic N) is 5. The van der Waals surface area contributed by atoms with E-state index in [1.54, 1.807) is 0 Å². The molecular weight excluding hydrogens is 618 g/mol. The molecule has 0 saturated carbocycles. The first kappa shape index (κ1) is 28.7. The van der Waals surface area contributed by atoms with E-state index in [2.05, 4.69) is 125 Å². The Morgan fingerprint density at radius 1 is 0.532 bits per heavy atom. The van der Waals surface area contributed by atoms with Crippen molar-refractivity contribution >= 4 is 43.4 Å². The molecule has 0 amide bonds. The Balaban J connectivity index is 1.36. The Labute approximate surface area is 278 Å². The van der Waals surface area contributed by atoms with Crippen LogP contribution in [0.1, 0.15) is 5.56 Å². The van der Waals surface area contributed by atoms with E-state index in [-0.39, 0.29) is 5.28 Å². The molecule has 2 heterocycles. The first-order chi connectivity index (χ1) is 23.2. The number of fused-ring (bicyclic) bond motifs is 3. The van der Waals surface area contributed by atoms with E-state index in [4.69, 9.17) is 16.6 Å². The molecule has 224 valence electrons. The molecular formula is C40H26ClN5S.